The summed E-state index contributed by atoms with van der Waals surface area (Å²) in [6.45, 7) is 8.19. The predicted molar refractivity (Wildman–Crippen MR) is 98.5 cm³/mol. The van der Waals surface area contributed by atoms with Gasteiger partial charge in [-0.3, -0.25) is 4.79 Å². The van der Waals surface area contributed by atoms with Gasteiger partial charge in [0, 0.05) is 16.6 Å². The van der Waals surface area contributed by atoms with Crippen molar-refractivity contribution in [1.29, 1.82) is 0 Å². The van der Waals surface area contributed by atoms with Gasteiger partial charge in [0.2, 0.25) is 5.91 Å². The molecule has 0 aliphatic carbocycles. The molecule has 0 aliphatic rings. The Morgan fingerprint density at radius 2 is 1.92 bits per heavy atom. The van der Waals surface area contributed by atoms with Gasteiger partial charge in [-0.15, -0.1) is 0 Å². The number of aryl methyl sites for hydroxylation is 2. The molecule has 1 aromatic heterocycles. The summed E-state index contributed by atoms with van der Waals surface area (Å²) in [4.78, 5) is 12.4. The Balaban J connectivity index is 1.86. The number of carbonyl (C=O) groups is 1. The normalized spacial score (nSPS) is 11.3. The number of hydrogen-bond donors (Lipinski definition) is 1. The molecule has 0 fully saturated rings. The molecule has 2 aromatic carbocycles. The monoisotopic (exact) mass is 339 g/mol. The number of rotatable bonds is 4. The minimum Gasteiger partial charge on any atom is -0.464 e. The Labute approximate surface area is 146 Å². The second-order valence-corrected chi connectivity index (χ2v) is 6.80. The van der Waals surface area contributed by atoms with Crippen LogP contribution in [0.2, 0.25) is 0 Å². The summed E-state index contributed by atoms with van der Waals surface area (Å²) in [5.41, 5.74) is 5.37. The van der Waals surface area contributed by atoms with Crippen LogP contribution in [0.5, 0.6) is 0 Å². The van der Waals surface area contributed by atoms with E-state index >= 15 is 0 Å². The number of furan rings is 1. The van der Waals surface area contributed by atoms with Crippen molar-refractivity contribution in [3.63, 3.8) is 0 Å². The third kappa shape index (κ3) is 3.58. The molecule has 0 aliphatic heterocycles. The lowest BCUT2D eigenvalue weighted by atomic mass is 9.95. The molecule has 0 saturated carbocycles. The van der Waals surface area contributed by atoms with Crippen LogP contribution >= 0.6 is 0 Å². The van der Waals surface area contributed by atoms with Crippen LogP contribution in [0, 0.1) is 19.7 Å². The number of hydrogen-bond acceptors (Lipinski definition) is 2. The van der Waals surface area contributed by atoms with Crippen molar-refractivity contribution in [1.82, 2.24) is 0 Å². The summed E-state index contributed by atoms with van der Waals surface area (Å²) in [6, 6.07) is 8.48. The maximum Gasteiger partial charge on any atom is 0.228 e. The lowest BCUT2D eigenvalue weighted by Gasteiger charge is -2.10. The number of fused-ring (bicyclic) bond motifs is 1. The molecule has 0 radical (unpaired) electrons. The summed E-state index contributed by atoms with van der Waals surface area (Å²) in [7, 11) is 0. The molecule has 0 spiro atoms. The van der Waals surface area contributed by atoms with Gasteiger partial charge in [0.1, 0.15) is 11.4 Å². The van der Waals surface area contributed by atoms with Crippen LogP contribution in [-0.2, 0) is 11.2 Å². The van der Waals surface area contributed by atoms with E-state index in [2.05, 4.69) is 32.2 Å². The molecule has 1 N–H and O–H groups in total. The summed E-state index contributed by atoms with van der Waals surface area (Å²) in [6.07, 6.45) is 1.82. The second-order valence-electron chi connectivity index (χ2n) is 6.80. The summed E-state index contributed by atoms with van der Waals surface area (Å²) in [5, 5.41) is 3.74. The Hall–Kier alpha value is -2.62. The van der Waals surface area contributed by atoms with E-state index in [1.165, 1.54) is 23.3 Å². The molecule has 25 heavy (non-hydrogen) atoms. The highest BCUT2D eigenvalue weighted by atomic mass is 19.1. The van der Waals surface area contributed by atoms with Crippen LogP contribution in [0.4, 0.5) is 10.1 Å². The average Bonchev–Trinajstić information content (AvgIpc) is 2.91. The Kier molecular flexibility index (Phi) is 4.62. The first kappa shape index (κ1) is 17.2. The van der Waals surface area contributed by atoms with Crippen LogP contribution in [0.15, 0.2) is 41.0 Å². The van der Waals surface area contributed by atoms with Crippen LogP contribution in [0.1, 0.15) is 42.0 Å². The zero-order valence-electron chi connectivity index (χ0n) is 14.9. The maximum absolute atomic E-state index is 13.4. The SMILES string of the molecule is Cc1ccc(F)cc1NC(=O)Cc1coc2cc(C)c(C(C)C)cc12. The number of halogens is 1. The van der Waals surface area contributed by atoms with E-state index in [0.717, 1.165) is 22.1 Å². The maximum atomic E-state index is 13.4. The fourth-order valence-corrected chi connectivity index (χ4v) is 3.10. The van der Waals surface area contributed by atoms with Gasteiger partial charge in [0.15, 0.2) is 0 Å². The zero-order chi connectivity index (χ0) is 18.1. The topological polar surface area (TPSA) is 42.2 Å². The van der Waals surface area contributed by atoms with Crippen molar-refractivity contribution in [3.8, 4) is 0 Å². The first-order chi connectivity index (χ1) is 11.8. The van der Waals surface area contributed by atoms with Crippen LogP contribution in [0.3, 0.4) is 0 Å². The van der Waals surface area contributed by atoms with Gasteiger partial charge in [0.05, 0.1) is 12.7 Å². The minimum absolute atomic E-state index is 0.184. The van der Waals surface area contributed by atoms with Gasteiger partial charge < -0.3 is 9.73 Å². The molecule has 0 unspecified atom stereocenters. The van der Waals surface area contributed by atoms with Gasteiger partial charge in [-0.1, -0.05) is 19.9 Å². The predicted octanol–water partition coefficient (Wildman–Crippen LogP) is 5.49. The first-order valence-corrected chi connectivity index (χ1v) is 8.41. The fraction of sp³-hybridized carbons (Fsp3) is 0.286. The first-order valence-electron chi connectivity index (χ1n) is 8.41. The van der Waals surface area contributed by atoms with Crippen LogP contribution < -0.4 is 5.32 Å². The second kappa shape index (κ2) is 6.71. The van der Waals surface area contributed by atoms with Crippen LogP contribution in [-0.4, -0.2) is 5.91 Å². The van der Waals surface area contributed by atoms with E-state index in [-0.39, 0.29) is 18.1 Å². The standard InChI is InChI=1S/C21H22FNO2/c1-12(2)17-10-18-15(11-25-20(18)7-14(17)4)8-21(24)23-19-9-16(22)6-5-13(19)3/h5-7,9-12H,8H2,1-4H3,(H,23,24). The Bertz CT molecular complexity index is 940. The molecule has 4 heteroatoms. The highest BCUT2D eigenvalue weighted by Gasteiger charge is 2.14. The highest BCUT2D eigenvalue weighted by Crippen LogP contribution is 2.29. The molecule has 3 aromatic rings. The highest BCUT2D eigenvalue weighted by molar-refractivity contribution is 5.96. The van der Waals surface area contributed by atoms with Gasteiger partial charge in [0.25, 0.3) is 0 Å². The number of benzene rings is 2. The van der Waals surface area contributed by atoms with E-state index in [1.54, 1.807) is 12.3 Å². The molecule has 3 rings (SSSR count). The lowest BCUT2D eigenvalue weighted by Crippen LogP contribution is -2.15. The van der Waals surface area contributed by atoms with Crippen molar-refractivity contribution in [2.24, 2.45) is 0 Å². The van der Waals surface area contributed by atoms with Gasteiger partial charge in [-0.25, -0.2) is 4.39 Å². The lowest BCUT2D eigenvalue weighted by molar-refractivity contribution is -0.115. The van der Waals surface area contributed by atoms with E-state index in [1.807, 2.05) is 13.0 Å². The van der Waals surface area contributed by atoms with Crippen molar-refractivity contribution in [2.45, 2.75) is 40.0 Å². The van der Waals surface area contributed by atoms with E-state index < -0.39 is 0 Å². The summed E-state index contributed by atoms with van der Waals surface area (Å²) in [5.74, 6) is -0.161. The molecule has 130 valence electrons. The van der Waals surface area contributed by atoms with Crippen molar-refractivity contribution in [3.05, 3.63) is 64.7 Å². The number of amides is 1. The Morgan fingerprint density at radius 1 is 1.16 bits per heavy atom. The van der Waals surface area contributed by atoms with Crippen molar-refractivity contribution >= 4 is 22.6 Å². The van der Waals surface area contributed by atoms with E-state index in [0.29, 0.717) is 11.6 Å². The van der Waals surface area contributed by atoms with E-state index in [9.17, 15) is 9.18 Å². The number of carbonyl (C=O) groups excluding carboxylic acids is 1. The minimum atomic E-state index is -0.369. The van der Waals surface area contributed by atoms with Crippen LogP contribution in [0.25, 0.3) is 11.0 Å². The quantitative estimate of drug-likeness (QED) is 0.682. The number of anilines is 1. The van der Waals surface area contributed by atoms with E-state index in [4.69, 9.17) is 4.42 Å². The molecular formula is C21H22FNO2. The third-order valence-corrected chi connectivity index (χ3v) is 4.49. The summed E-state index contributed by atoms with van der Waals surface area (Å²) >= 11 is 0. The smallest absolute Gasteiger partial charge is 0.228 e. The zero-order valence-corrected chi connectivity index (χ0v) is 14.9. The van der Waals surface area contributed by atoms with Crippen molar-refractivity contribution < 1.29 is 13.6 Å². The van der Waals surface area contributed by atoms with Gasteiger partial charge in [-0.2, -0.15) is 0 Å². The molecule has 1 heterocycles. The molecule has 1 amide bonds. The number of nitrogens with one attached hydrogen (secondary N) is 1. The molecule has 0 bridgehead atoms. The summed E-state index contributed by atoms with van der Waals surface area (Å²) < 4.78 is 19.0. The average molecular weight is 339 g/mol. The Morgan fingerprint density at radius 3 is 2.64 bits per heavy atom. The molecule has 0 atom stereocenters. The van der Waals surface area contributed by atoms with Crippen molar-refractivity contribution in [2.75, 3.05) is 5.32 Å². The van der Waals surface area contributed by atoms with Gasteiger partial charge in [-0.05, 0) is 60.7 Å². The third-order valence-electron chi connectivity index (χ3n) is 4.49. The fourth-order valence-electron chi connectivity index (χ4n) is 3.10. The molecule has 0 saturated heterocycles. The largest absolute Gasteiger partial charge is 0.464 e. The molecule has 3 nitrogen and oxygen atoms in total. The van der Waals surface area contributed by atoms with Gasteiger partial charge >= 0.3 is 0 Å². The molecular weight excluding hydrogens is 317 g/mol.